The summed E-state index contributed by atoms with van der Waals surface area (Å²) in [4.78, 5) is 35.6. The van der Waals surface area contributed by atoms with Crippen LogP contribution in [0.4, 0.5) is 11.4 Å². The number of nitro groups is 1. The molecule has 1 atom stereocenters. The summed E-state index contributed by atoms with van der Waals surface area (Å²) in [5.74, 6) is -0.908. The maximum absolute atomic E-state index is 12.6. The second-order valence-corrected chi connectivity index (χ2v) is 10.0. The van der Waals surface area contributed by atoms with E-state index in [9.17, 15) is 28.1 Å². The van der Waals surface area contributed by atoms with Gasteiger partial charge in [-0.15, -0.1) is 0 Å². The molecular weight excluding hydrogens is 448 g/mol. The van der Waals surface area contributed by atoms with Gasteiger partial charge in [-0.05, 0) is 37.1 Å². The summed E-state index contributed by atoms with van der Waals surface area (Å²) in [7, 11) is -3.59. The van der Waals surface area contributed by atoms with E-state index in [4.69, 9.17) is 0 Å². The minimum atomic E-state index is -3.59. The average molecular weight is 477 g/mol. The third-order valence-electron chi connectivity index (χ3n) is 4.88. The number of nitrogens with zero attached hydrogens (tertiary/aromatic N) is 1. The van der Waals surface area contributed by atoms with Gasteiger partial charge in [-0.2, -0.15) is 0 Å². The smallest absolute Gasteiger partial charge is 0.293 e. The maximum Gasteiger partial charge on any atom is 0.293 e. The van der Waals surface area contributed by atoms with Crippen molar-refractivity contribution in [2.45, 2.75) is 31.7 Å². The van der Waals surface area contributed by atoms with Gasteiger partial charge in [0.05, 0.1) is 9.82 Å². The van der Waals surface area contributed by atoms with Crippen LogP contribution < -0.4 is 16.0 Å². The lowest BCUT2D eigenvalue weighted by Gasteiger charge is -2.22. The molecule has 0 heterocycles. The Morgan fingerprint density at radius 1 is 1.06 bits per heavy atom. The van der Waals surface area contributed by atoms with Gasteiger partial charge in [-0.25, -0.2) is 8.42 Å². The molecule has 0 unspecified atom stereocenters. The standard InChI is InChI=1S/C22H28N4O6S/c1-14(2)20(25-21(27)16-7-5-15(3)6-8-16)22(28)24-12-11-23-18-10-9-17(33(4,31)32)13-19(18)26(29)30/h5-10,13-14,20,23H,11-12H2,1-4H3,(H,24,28)(H,25,27)/t20-/m0/s1. The van der Waals surface area contributed by atoms with Crippen molar-refractivity contribution >= 4 is 33.0 Å². The lowest BCUT2D eigenvalue weighted by atomic mass is 10.0. The molecule has 2 rings (SSSR count). The van der Waals surface area contributed by atoms with Crippen LogP contribution in [-0.4, -0.2) is 50.5 Å². The molecule has 0 aliphatic rings. The molecule has 0 radical (unpaired) electrons. The lowest BCUT2D eigenvalue weighted by molar-refractivity contribution is -0.384. The second kappa shape index (κ2) is 10.9. The number of nitro benzene ring substituents is 1. The number of nitrogens with one attached hydrogen (secondary N) is 3. The summed E-state index contributed by atoms with van der Waals surface area (Å²) in [6.45, 7) is 5.82. The van der Waals surface area contributed by atoms with Crippen LogP contribution in [0.3, 0.4) is 0 Å². The zero-order valence-electron chi connectivity index (χ0n) is 18.9. The lowest BCUT2D eigenvalue weighted by Crippen LogP contribution is -2.50. The Morgan fingerprint density at radius 3 is 2.24 bits per heavy atom. The number of aryl methyl sites for hydroxylation is 1. The highest BCUT2D eigenvalue weighted by Gasteiger charge is 2.24. The van der Waals surface area contributed by atoms with E-state index >= 15 is 0 Å². The van der Waals surface area contributed by atoms with Crippen LogP contribution in [-0.2, 0) is 14.6 Å². The van der Waals surface area contributed by atoms with Crippen molar-refractivity contribution in [1.29, 1.82) is 0 Å². The first-order valence-corrected chi connectivity index (χ1v) is 12.2. The van der Waals surface area contributed by atoms with Crippen molar-refractivity contribution < 1.29 is 22.9 Å². The molecule has 2 amide bonds. The molecule has 0 saturated heterocycles. The monoisotopic (exact) mass is 476 g/mol. The molecule has 3 N–H and O–H groups in total. The summed E-state index contributed by atoms with van der Waals surface area (Å²) in [5, 5.41) is 19.6. The Hall–Kier alpha value is -3.47. The Bertz CT molecular complexity index is 1130. The van der Waals surface area contributed by atoms with Gasteiger partial charge in [0.2, 0.25) is 5.91 Å². The van der Waals surface area contributed by atoms with Crippen molar-refractivity contribution in [2.24, 2.45) is 5.92 Å². The number of carbonyl (C=O) groups is 2. The summed E-state index contributed by atoms with van der Waals surface area (Å²) in [6.07, 6.45) is 0.970. The fourth-order valence-electron chi connectivity index (χ4n) is 3.00. The van der Waals surface area contributed by atoms with Crippen LogP contribution in [0.2, 0.25) is 0 Å². The summed E-state index contributed by atoms with van der Waals surface area (Å²) >= 11 is 0. The van der Waals surface area contributed by atoms with Crippen molar-refractivity contribution in [3.8, 4) is 0 Å². The number of anilines is 1. The number of sulfone groups is 1. The summed E-state index contributed by atoms with van der Waals surface area (Å²) in [6, 6.07) is 9.82. The Labute approximate surface area is 192 Å². The number of hydrogen-bond donors (Lipinski definition) is 3. The highest BCUT2D eigenvalue weighted by atomic mass is 32.2. The number of hydrogen-bond acceptors (Lipinski definition) is 7. The van der Waals surface area contributed by atoms with Crippen LogP contribution >= 0.6 is 0 Å². The number of carbonyl (C=O) groups excluding carboxylic acids is 2. The van der Waals surface area contributed by atoms with Crippen LogP contribution in [0.15, 0.2) is 47.4 Å². The van der Waals surface area contributed by atoms with Crippen LogP contribution in [0.1, 0.15) is 29.8 Å². The summed E-state index contributed by atoms with van der Waals surface area (Å²) in [5.41, 5.74) is 1.22. The van der Waals surface area contributed by atoms with Crippen molar-refractivity contribution in [3.63, 3.8) is 0 Å². The van der Waals surface area contributed by atoms with Crippen LogP contribution in [0.5, 0.6) is 0 Å². The molecule has 0 fully saturated rings. The SMILES string of the molecule is Cc1ccc(C(=O)N[C@H](C(=O)NCCNc2ccc(S(C)(=O)=O)cc2[N+](=O)[O-])C(C)C)cc1. The molecule has 10 nitrogen and oxygen atoms in total. The normalized spacial score (nSPS) is 12.2. The molecule has 0 aliphatic carbocycles. The van der Waals surface area contributed by atoms with E-state index in [2.05, 4.69) is 16.0 Å². The van der Waals surface area contributed by atoms with Gasteiger partial charge in [0.25, 0.3) is 11.6 Å². The average Bonchev–Trinajstić information content (AvgIpc) is 2.74. The molecule has 11 heteroatoms. The van der Waals surface area contributed by atoms with E-state index in [1.165, 1.54) is 12.1 Å². The van der Waals surface area contributed by atoms with Gasteiger partial charge in [0, 0.05) is 31.0 Å². The number of rotatable bonds is 10. The topological polar surface area (TPSA) is 148 Å². The van der Waals surface area contributed by atoms with E-state index in [1.807, 2.05) is 32.9 Å². The highest BCUT2D eigenvalue weighted by molar-refractivity contribution is 7.90. The van der Waals surface area contributed by atoms with Crippen LogP contribution in [0.25, 0.3) is 0 Å². The molecule has 33 heavy (non-hydrogen) atoms. The Morgan fingerprint density at radius 2 is 1.70 bits per heavy atom. The van der Waals surface area contributed by atoms with E-state index in [1.54, 1.807) is 12.1 Å². The quantitative estimate of drug-likeness (QED) is 0.271. The van der Waals surface area contributed by atoms with Gasteiger partial charge < -0.3 is 16.0 Å². The predicted octanol–water partition coefficient (Wildman–Crippen LogP) is 2.29. The zero-order chi connectivity index (χ0) is 24.8. The molecule has 0 bridgehead atoms. The number of amides is 2. The van der Waals surface area contributed by atoms with Gasteiger partial charge in [0.15, 0.2) is 9.84 Å². The molecule has 2 aromatic carbocycles. The first kappa shape index (κ1) is 25.8. The molecule has 0 aromatic heterocycles. The maximum atomic E-state index is 12.6. The van der Waals surface area contributed by atoms with E-state index in [0.717, 1.165) is 17.9 Å². The Kier molecular flexibility index (Phi) is 8.52. The minimum Gasteiger partial charge on any atom is -0.378 e. The van der Waals surface area contributed by atoms with E-state index < -0.39 is 20.8 Å². The molecule has 178 valence electrons. The first-order chi connectivity index (χ1) is 15.4. The van der Waals surface area contributed by atoms with Gasteiger partial charge in [-0.1, -0.05) is 31.5 Å². The third kappa shape index (κ3) is 7.28. The van der Waals surface area contributed by atoms with Crippen LogP contribution in [0, 0.1) is 23.0 Å². The fourth-order valence-corrected chi connectivity index (χ4v) is 3.64. The molecular formula is C22H28N4O6S. The Balaban J connectivity index is 1.97. The van der Waals surface area contributed by atoms with Crippen molar-refractivity contribution in [2.75, 3.05) is 24.7 Å². The second-order valence-electron chi connectivity index (χ2n) is 7.99. The van der Waals surface area contributed by atoms with Crippen molar-refractivity contribution in [1.82, 2.24) is 10.6 Å². The first-order valence-electron chi connectivity index (χ1n) is 10.3. The molecule has 0 saturated carbocycles. The van der Waals surface area contributed by atoms with E-state index in [0.29, 0.717) is 5.56 Å². The third-order valence-corrected chi connectivity index (χ3v) is 5.99. The predicted molar refractivity (Wildman–Crippen MR) is 125 cm³/mol. The largest absolute Gasteiger partial charge is 0.378 e. The highest BCUT2D eigenvalue weighted by Crippen LogP contribution is 2.27. The zero-order valence-corrected chi connectivity index (χ0v) is 19.7. The van der Waals surface area contributed by atoms with E-state index in [-0.39, 0.29) is 47.1 Å². The van der Waals surface area contributed by atoms with Gasteiger partial charge >= 0.3 is 0 Å². The number of benzene rings is 2. The van der Waals surface area contributed by atoms with Gasteiger partial charge in [0.1, 0.15) is 11.7 Å². The summed E-state index contributed by atoms with van der Waals surface area (Å²) < 4.78 is 23.3. The van der Waals surface area contributed by atoms with Gasteiger partial charge in [-0.3, -0.25) is 19.7 Å². The van der Waals surface area contributed by atoms with Crippen molar-refractivity contribution in [3.05, 3.63) is 63.7 Å². The molecule has 0 aliphatic heterocycles. The fraction of sp³-hybridized carbons (Fsp3) is 0.364. The molecule has 2 aromatic rings. The minimum absolute atomic E-state index is 0.132. The molecule has 0 spiro atoms.